The fourth-order valence-corrected chi connectivity index (χ4v) is 1.70. The molecule has 0 saturated heterocycles. The second kappa shape index (κ2) is 6.10. The van der Waals surface area contributed by atoms with Gasteiger partial charge in [0.05, 0.1) is 11.1 Å². The standard InChI is InChI=1S/C13H14N2O4/c1-18-8-4-7-11-14-12(19-15-11)9-5-2-3-6-10(9)13(16)17/h2-3,5-6H,4,7-8H2,1H3,(H,16,17). The van der Waals surface area contributed by atoms with Crippen molar-refractivity contribution in [3.63, 3.8) is 0 Å². The van der Waals surface area contributed by atoms with Crippen LogP contribution in [0.25, 0.3) is 11.5 Å². The molecule has 0 bridgehead atoms. The van der Waals surface area contributed by atoms with E-state index in [-0.39, 0.29) is 11.5 Å². The van der Waals surface area contributed by atoms with Gasteiger partial charge in [-0.05, 0) is 18.6 Å². The average molecular weight is 262 g/mol. The van der Waals surface area contributed by atoms with Crippen LogP contribution >= 0.6 is 0 Å². The van der Waals surface area contributed by atoms with Crippen molar-refractivity contribution in [2.45, 2.75) is 12.8 Å². The van der Waals surface area contributed by atoms with Crippen LogP contribution in [-0.2, 0) is 11.2 Å². The number of hydrogen-bond acceptors (Lipinski definition) is 5. The fraction of sp³-hybridized carbons (Fsp3) is 0.308. The predicted molar refractivity (Wildman–Crippen MR) is 66.9 cm³/mol. The maximum atomic E-state index is 11.1. The number of ether oxygens (including phenoxy) is 1. The highest BCUT2D eigenvalue weighted by molar-refractivity contribution is 5.94. The van der Waals surface area contributed by atoms with Crippen molar-refractivity contribution in [3.8, 4) is 11.5 Å². The summed E-state index contributed by atoms with van der Waals surface area (Å²) in [5.41, 5.74) is 0.579. The van der Waals surface area contributed by atoms with Gasteiger partial charge in [0.15, 0.2) is 5.82 Å². The average Bonchev–Trinajstić information content (AvgIpc) is 2.88. The van der Waals surface area contributed by atoms with Crippen LogP contribution in [0.4, 0.5) is 0 Å². The molecule has 0 fully saturated rings. The maximum Gasteiger partial charge on any atom is 0.336 e. The second-order valence-corrected chi connectivity index (χ2v) is 3.96. The van der Waals surface area contributed by atoms with Crippen LogP contribution in [0, 0.1) is 0 Å². The molecule has 2 aromatic rings. The van der Waals surface area contributed by atoms with Gasteiger partial charge >= 0.3 is 5.97 Å². The van der Waals surface area contributed by atoms with Crippen LogP contribution in [0.1, 0.15) is 22.6 Å². The third kappa shape index (κ3) is 3.17. The van der Waals surface area contributed by atoms with Crippen molar-refractivity contribution in [2.24, 2.45) is 0 Å². The van der Waals surface area contributed by atoms with E-state index >= 15 is 0 Å². The number of benzene rings is 1. The van der Waals surface area contributed by atoms with E-state index in [4.69, 9.17) is 14.4 Å². The van der Waals surface area contributed by atoms with Gasteiger partial charge in [-0.25, -0.2) is 4.79 Å². The van der Waals surface area contributed by atoms with Crippen LogP contribution in [0.15, 0.2) is 28.8 Å². The topological polar surface area (TPSA) is 85.5 Å². The summed E-state index contributed by atoms with van der Waals surface area (Å²) in [5, 5.41) is 12.9. The molecule has 1 N–H and O–H groups in total. The zero-order chi connectivity index (χ0) is 13.7. The molecule has 1 aromatic heterocycles. The highest BCUT2D eigenvalue weighted by atomic mass is 16.5. The molecular formula is C13H14N2O4. The van der Waals surface area contributed by atoms with E-state index in [1.165, 1.54) is 6.07 Å². The van der Waals surface area contributed by atoms with Crippen molar-refractivity contribution in [3.05, 3.63) is 35.7 Å². The number of carboxylic acid groups (broad SMARTS) is 1. The minimum atomic E-state index is -1.02. The van der Waals surface area contributed by atoms with Gasteiger partial charge in [0.2, 0.25) is 0 Å². The second-order valence-electron chi connectivity index (χ2n) is 3.96. The lowest BCUT2D eigenvalue weighted by Crippen LogP contribution is -1.99. The third-order valence-electron chi connectivity index (χ3n) is 2.60. The van der Waals surface area contributed by atoms with Gasteiger partial charge in [-0.3, -0.25) is 0 Å². The van der Waals surface area contributed by atoms with E-state index in [0.29, 0.717) is 24.4 Å². The molecule has 0 aliphatic rings. The Bertz CT molecular complexity index is 565. The zero-order valence-electron chi connectivity index (χ0n) is 10.5. The molecule has 1 aromatic carbocycles. The van der Waals surface area contributed by atoms with Crippen molar-refractivity contribution in [1.82, 2.24) is 10.1 Å². The third-order valence-corrected chi connectivity index (χ3v) is 2.60. The van der Waals surface area contributed by atoms with Crippen molar-refractivity contribution >= 4 is 5.97 Å². The number of nitrogens with zero attached hydrogens (tertiary/aromatic N) is 2. The van der Waals surface area contributed by atoms with Gasteiger partial charge in [-0.1, -0.05) is 17.3 Å². The van der Waals surface area contributed by atoms with Gasteiger partial charge in [0.1, 0.15) is 0 Å². The molecule has 0 radical (unpaired) electrons. The molecule has 0 aliphatic heterocycles. The number of aromatic nitrogens is 2. The highest BCUT2D eigenvalue weighted by Crippen LogP contribution is 2.22. The lowest BCUT2D eigenvalue weighted by Gasteiger charge is -1.99. The summed E-state index contributed by atoms with van der Waals surface area (Å²) in [6.07, 6.45) is 1.42. The van der Waals surface area contributed by atoms with E-state index < -0.39 is 5.97 Å². The Labute approximate surface area is 110 Å². The molecule has 100 valence electrons. The normalized spacial score (nSPS) is 10.6. The summed E-state index contributed by atoms with van der Waals surface area (Å²) < 4.78 is 10.0. The van der Waals surface area contributed by atoms with E-state index in [0.717, 1.165) is 6.42 Å². The van der Waals surface area contributed by atoms with Gasteiger partial charge in [-0.15, -0.1) is 0 Å². The molecule has 0 amide bonds. The summed E-state index contributed by atoms with van der Waals surface area (Å²) in [6.45, 7) is 0.621. The molecule has 0 spiro atoms. The summed E-state index contributed by atoms with van der Waals surface area (Å²) in [5.74, 6) is -0.243. The SMILES string of the molecule is COCCCc1noc(-c2ccccc2C(=O)O)n1. The van der Waals surface area contributed by atoms with Gasteiger partial charge in [0.25, 0.3) is 5.89 Å². The molecule has 6 heteroatoms. The van der Waals surface area contributed by atoms with Gasteiger partial charge in [0, 0.05) is 20.1 Å². The number of rotatable bonds is 6. The molecule has 2 rings (SSSR count). The molecular weight excluding hydrogens is 248 g/mol. The van der Waals surface area contributed by atoms with Crippen molar-refractivity contribution in [2.75, 3.05) is 13.7 Å². The largest absolute Gasteiger partial charge is 0.478 e. The smallest absolute Gasteiger partial charge is 0.336 e. The zero-order valence-corrected chi connectivity index (χ0v) is 10.5. The van der Waals surface area contributed by atoms with Crippen molar-refractivity contribution in [1.29, 1.82) is 0 Å². The minimum Gasteiger partial charge on any atom is -0.478 e. The van der Waals surface area contributed by atoms with Crippen LogP contribution in [0.3, 0.4) is 0 Å². The molecule has 0 aliphatic carbocycles. The Morgan fingerprint density at radius 3 is 2.95 bits per heavy atom. The highest BCUT2D eigenvalue weighted by Gasteiger charge is 2.16. The van der Waals surface area contributed by atoms with Crippen LogP contribution in [-0.4, -0.2) is 34.9 Å². The Morgan fingerprint density at radius 1 is 1.42 bits per heavy atom. The first-order valence-electron chi connectivity index (χ1n) is 5.86. The number of carbonyl (C=O) groups is 1. The van der Waals surface area contributed by atoms with E-state index in [9.17, 15) is 4.79 Å². The maximum absolute atomic E-state index is 11.1. The fourth-order valence-electron chi connectivity index (χ4n) is 1.70. The Morgan fingerprint density at radius 2 is 2.21 bits per heavy atom. The van der Waals surface area contributed by atoms with Crippen molar-refractivity contribution < 1.29 is 19.2 Å². The number of hydrogen-bond donors (Lipinski definition) is 1. The predicted octanol–water partition coefficient (Wildman–Crippen LogP) is 2.01. The van der Waals surface area contributed by atoms with Crippen LogP contribution < -0.4 is 0 Å². The van der Waals surface area contributed by atoms with E-state index in [1.54, 1.807) is 25.3 Å². The summed E-state index contributed by atoms with van der Waals surface area (Å²) in [7, 11) is 1.63. The Hall–Kier alpha value is -2.21. The quantitative estimate of drug-likeness (QED) is 0.801. The first kappa shape index (κ1) is 13.2. The number of aromatic carboxylic acids is 1. The summed E-state index contributed by atoms with van der Waals surface area (Å²) >= 11 is 0. The number of methoxy groups -OCH3 is 1. The minimum absolute atomic E-state index is 0.148. The van der Waals surface area contributed by atoms with Gasteiger partial charge < -0.3 is 14.4 Å². The van der Waals surface area contributed by atoms with Crippen LogP contribution in [0.5, 0.6) is 0 Å². The Balaban J connectivity index is 2.21. The first-order chi connectivity index (χ1) is 9.22. The molecule has 6 nitrogen and oxygen atoms in total. The number of carboxylic acids is 1. The van der Waals surface area contributed by atoms with Crippen LogP contribution in [0.2, 0.25) is 0 Å². The molecule has 19 heavy (non-hydrogen) atoms. The molecule has 0 unspecified atom stereocenters. The van der Waals surface area contributed by atoms with E-state index in [2.05, 4.69) is 10.1 Å². The molecule has 1 heterocycles. The monoisotopic (exact) mass is 262 g/mol. The lowest BCUT2D eigenvalue weighted by atomic mass is 10.1. The van der Waals surface area contributed by atoms with Gasteiger partial charge in [-0.2, -0.15) is 4.98 Å². The first-order valence-corrected chi connectivity index (χ1v) is 5.86. The lowest BCUT2D eigenvalue weighted by molar-refractivity contribution is 0.0697. The number of aryl methyl sites for hydroxylation is 1. The molecule has 0 saturated carbocycles. The molecule has 0 atom stereocenters. The Kier molecular flexibility index (Phi) is 4.25. The van der Waals surface area contributed by atoms with E-state index in [1.807, 2.05) is 0 Å². The summed E-state index contributed by atoms with van der Waals surface area (Å²) in [6, 6.07) is 6.54. The summed E-state index contributed by atoms with van der Waals surface area (Å²) in [4.78, 5) is 15.3.